The number of carbonyl (C=O) groups is 1. The number of hydrogen-bond acceptors (Lipinski definition) is 8. The van der Waals surface area contributed by atoms with E-state index in [2.05, 4.69) is 20.6 Å². The van der Waals surface area contributed by atoms with Gasteiger partial charge in [-0.2, -0.15) is 4.98 Å². The molecule has 0 unspecified atom stereocenters. The van der Waals surface area contributed by atoms with E-state index >= 15 is 0 Å². The van der Waals surface area contributed by atoms with Gasteiger partial charge in [0.1, 0.15) is 11.4 Å². The number of rotatable bonds is 8. The largest absolute Gasteiger partial charge is 0.495 e. The van der Waals surface area contributed by atoms with Crippen LogP contribution in [0.4, 0.5) is 28.8 Å². The summed E-state index contributed by atoms with van der Waals surface area (Å²) in [5.74, 6) is -0.411. The highest BCUT2D eigenvalue weighted by atomic mass is 16.6. The molecule has 3 aromatic rings. The Morgan fingerprint density at radius 2 is 1.94 bits per heavy atom. The zero-order valence-electron chi connectivity index (χ0n) is 16.7. The number of aliphatic carboxylic acids is 1. The van der Waals surface area contributed by atoms with E-state index in [1.807, 2.05) is 0 Å². The van der Waals surface area contributed by atoms with Gasteiger partial charge in [-0.15, -0.1) is 0 Å². The number of para-hydroxylation sites is 2. The standard InChI is InChI=1S/C21H19N5O5/c1-13-19(26(29)30)20(24-16-8-3-4-9-17(16)31-2)25-21(22-13)23-15-7-5-6-14(12-15)10-11-18(27)28/h3-12H,1-2H3,(H,27,28)(H2,22,23,24,25)/b11-10-. The van der Waals surface area contributed by atoms with Gasteiger partial charge in [0.15, 0.2) is 0 Å². The summed E-state index contributed by atoms with van der Waals surface area (Å²) < 4.78 is 5.29. The highest BCUT2D eigenvalue weighted by molar-refractivity contribution is 5.85. The van der Waals surface area contributed by atoms with E-state index in [4.69, 9.17) is 9.84 Å². The molecule has 0 fully saturated rings. The number of nitrogens with one attached hydrogen (secondary N) is 2. The number of nitrogens with zero attached hydrogens (tertiary/aromatic N) is 3. The fourth-order valence-corrected chi connectivity index (χ4v) is 2.82. The molecular formula is C21H19N5O5. The predicted molar refractivity (Wildman–Crippen MR) is 116 cm³/mol. The molecule has 1 aromatic heterocycles. The molecule has 0 radical (unpaired) electrons. The topological polar surface area (TPSA) is 140 Å². The van der Waals surface area contributed by atoms with Crippen LogP contribution in [0.25, 0.3) is 6.08 Å². The Morgan fingerprint density at radius 3 is 2.65 bits per heavy atom. The maximum absolute atomic E-state index is 11.6. The molecule has 2 aromatic carbocycles. The molecule has 0 spiro atoms. The third-order valence-corrected chi connectivity index (χ3v) is 4.16. The van der Waals surface area contributed by atoms with Crippen LogP contribution in [-0.2, 0) is 4.79 Å². The number of anilines is 4. The lowest BCUT2D eigenvalue weighted by Crippen LogP contribution is -2.07. The molecule has 0 saturated heterocycles. The molecule has 0 saturated carbocycles. The minimum Gasteiger partial charge on any atom is -0.495 e. The number of aryl methyl sites for hydroxylation is 1. The van der Waals surface area contributed by atoms with Crippen molar-refractivity contribution in [3.05, 3.63) is 76.0 Å². The van der Waals surface area contributed by atoms with Crippen LogP contribution in [0.1, 0.15) is 11.3 Å². The maximum atomic E-state index is 11.6. The zero-order valence-corrected chi connectivity index (χ0v) is 16.7. The second-order valence-electron chi connectivity index (χ2n) is 6.33. The van der Waals surface area contributed by atoms with Crippen molar-refractivity contribution < 1.29 is 19.6 Å². The number of methoxy groups -OCH3 is 1. The third-order valence-electron chi connectivity index (χ3n) is 4.16. The summed E-state index contributed by atoms with van der Waals surface area (Å²) >= 11 is 0. The van der Waals surface area contributed by atoms with Crippen LogP contribution < -0.4 is 15.4 Å². The highest BCUT2D eigenvalue weighted by Crippen LogP contribution is 2.33. The maximum Gasteiger partial charge on any atom is 0.332 e. The molecule has 0 bridgehead atoms. The normalized spacial score (nSPS) is 10.6. The molecule has 158 valence electrons. The van der Waals surface area contributed by atoms with E-state index in [1.54, 1.807) is 48.5 Å². The first kappa shape index (κ1) is 21.2. The quantitative estimate of drug-likeness (QED) is 0.276. The van der Waals surface area contributed by atoms with Gasteiger partial charge < -0.3 is 20.5 Å². The molecule has 0 amide bonds. The van der Waals surface area contributed by atoms with Crippen LogP contribution in [0.3, 0.4) is 0 Å². The predicted octanol–water partition coefficient (Wildman–Crippen LogP) is 4.29. The SMILES string of the molecule is COc1ccccc1Nc1nc(Nc2cccc(/C=C\C(=O)O)c2)nc(C)c1[N+](=O)[O-]. The molecule has 10 nitrogen and oxygen atoms in total. The number of nitro groups is 1. The minimum atomic E-state index is -1.06. The van der Waals surface area contributed by atoms with Crippen LogP contribution in [0.2, 0.25) is 0 Å². The van der Waals surface area contributed by atoms with Gasteiger partial charge in [-0.25, -0.2) is 9.78 Å². The molecule has 0 aliphatic rings. The van der Waals surface area contributed by atoms with Crippen molar-refractivity contribution in [3.63, 3.8) is 0 Å². The van der Waals surface area contributed by atoms with Crippen LogP contribution in [0.5, 0.6) is 5.75 Å². The summed E-state index contributed by atoms with van der Waals surface area (Å²) in [4.78, 5) is 30.2. The lowest BCUT2D eigenvalue weighted by molar-refractivity contribution is -0.385. The summed E-state index contributed by atoms with van der Waals surface area (Å²) in [5, 5.41) is 26.3. The van der Waals surface area contributed by atoms with Gasteiger partial charge in [0.05, 0.1) is 17.7 Å². The van der Waals surface area contributed by atoms with Crippen molar-refractivity contribution in [2.24, 2.45) is 0 Å². The third kappa shape index (κ3) is 5.32. The monoisotopic (exact) mass is 421 g/mol. The summed E-state index contributed by atoms with van der Waals surface area (Å²) in [6.45, 7) is 1.52. The van der Waals surface area contributed by atoms with Gasteiger partial charge in [-0.3, -0.25) is 10.1 Å². The lowest BCUT2D eigenvalue weighted by Gasteiger charge is -2.13. The number of aromatic nitrogens is 2. The Balaban J connectivity index is 1.97. The lowest BCUT2D eigenvalue weighted by atomic mass is 10.2. The van der Waals surface area contributed by atoms with Gasteiger partial charge in [-0.05, 0) is 42.8 Å². The van der Waals surface area contributed by atoms with Crippen LogP contribution in [0.15, 0.2) is 54.6 Å². The number of carboxylic acid groups (broad SMARTS) is 1. The van der Waals surface area contributed by atoms with Crippen molar-refractivity contribution >= 4 is 40.9 Å². The van der Waals surface area contributed by atoms with Crippen molar-refractivity contribution in [3.8, 4) is 5.75 Å². The first-order chi connectivity index (χ1) is 14.9. The molecule has 3 rings (SSSR count). The average Bonchev–Trinajstić information content (AvgIpc) is 2.72. The van der Waals surface area contributed by atoms with E-state index in [0.717, 1.165) is 6.08 Å². The van der Waals surface area contributed by atoms with E-state index in [0.29, 0.717) is 22.7 Å². The number of ether oxygens (including phenoxy) is 1. The van der Waals surface area contributed by atoms with E-state index in [1.165, 1.54) is 20.1 Å². The molecule has 0 aliphatic heterocycles. The zero-order chi connectivity index (χ0) is 22.4. The van der Waals surface area contributed by atoms with Crippen molar-refractivity contribution in [2.75, 3.05) is 17.7 Å². The second kappa shape index (κ2) is 9.35. The molecule has 0 atom stereocenters. The van der Waals surface area contributed by atoms with E-state index < -0.39 is 10.9 Å². The Morgan fingerprint density at radius 1 is 1.16 bits per heavy atom. The highest BCUT2D eigenvalue weighted by Gasteiger charge is 2.23. The summed E-state index contributed by atoms with van der Waals surface area (Å²) in [5.41, 5.74) is 1.66. The first-order valence-electron chi connectivity index (χ1n) is 9.08. The fraction of sp³-hybridized carbons (Fsp3) is 0.0952. The van der Waals surface area contributed by atoms with Gasteiger partial charge in [0, 0.05) is 11.8 Å². The van der Waals surface area contributed by atoms with E-state index in [-0.39, 0.29) is 23.1 Å². The fourth-order valence-electron chi connectivity index (χ4n) is 2.82. The first-order valence-corrected chi connectivity index (χ1v) is 9.08. The second-order valence-corrected chi connectivity index (χ2v) is 6.33. The van der Waals surface area contributed by atoms with Crippen LogP contribution >= 0.6 is 0 Å². The van der Waals surface area contributed by atoms with Crippen LogP contribution in [-0.4, -0.2) is 33.1 Å². The summed E-state index contributed by atoms with van der Waals surface area (Å²) in [6, 6.07) is 13.9. The van der Waals surface area contributed by atoms with Gasteiger partial charge >= 0.3 is 11.7 Å². The number of carboxylic acids is 1. The van der Waals surface area contributed by atoms with Crippen molar-refractivity contribution in [1.82, 2.24) is 9.97 Å². The van der Waals surface area contributed by atoms with Crippen LogP contribution in [0, 0.1) is 17.0 Å². The van der Waals surface area contributed by atoms with Gasteiger partial charge in [0.25, 0.3) is 0 Å². The Hall–Kier alpha value is -4.47. The Bertz CT molecular complexity index is 1160. The molecule has 31 heavy (non-hydrogen) atoms. The molecule has 1 heterocycles. The summed E-state index contributed by atoms with van der Waals surface area (Å²) in [6.07, 6.45) is 2.48. The van der Waals surface area contributed by atoms with Crippen molar-refractivity contribution in [1.29, 1.82) is 0 Å². The Kier molecular flexibility index (Phi) is 6.41. The summed E-state index contributed by atoms with van der Waals surface area (Å²) in [7, 11) is 1.50. The minimum absolute atomic E-state index is 0.00595. The van der Waals surface area contributed by atoms with Gasteiger partial charge in [-0.1, -0.05) is 24.3 Å². The van der Waals surface area contributed by atoms with E-state index in [9.17, 15) is 14.9 Å². The average molecular weight is 421 g/mol. The molecular weight excluding hydrogens is 402 g/mol. The molecule has 0 aliphatic carbocycles. The molecule has 3 N–H and O–H groups in total. The Labute approximate surface area is 177 Å². The number of benzene rings is 2. The molecule has 10 heteroatoms. The smallest absolute Gasteiger partial charge is 0.332 e. The van der Waals surface area contributed by atoms with Crippen molar-refractivity contribution in [2.45, 2.75) is 6.92 Å². The van der Waals surface area contributed by atoms with Gasteiger partial charge in [0.2, 0.25) is 11.8 Å². The number of hydrogen-bond donors (Lipinski definition) is 3.